The van der Waals surface area contributed by atoms with Gasteiger partial charge in [0.05, 0.1) is 5.56 Å². The highest BCUT2D eigenvalue weighted by molar-refractivity contribution is 9.10. The standard InChI is InChI=1S/C23H22BrNO3/c1-15-3-9-21(11-16(15)2)25-13-19-12-20(24)8-10-22(19)28-14-17-4-6-18(7-5-17)23(26)27/h3-12,25H,13-14H2,1-2H3,(H,26,27). The van der Waals surface area contributed by atoms with Gasteiger partial charge >= 0.3 is 5.97 Å². The summed E-state index contributed by atoms with van der Waals surface area (Å²) in [6.45, 7) is 5.21. The summed E-state index contributed by atoms with van der Waals surface area (Å²) in [5.74, 6) is -0.137. The highest BCUT2D eigenvalue weighted by Gasteiger charge is 2.07. The molecule has 0 atom stereocenters. The summed E-state index contributed by atoms with van der Waals surface area (Å²) in [6, 6.07) is 19.0. The molecule has 0 aliphatic heterocycles. The van der Waals surface area contributed by atoms with Crippen LogP contribution in [0.1, 0.15) is 32.6 Å². The molecule has 0 heterocycles. The predicted molar refractivity (Wildman–Crippen MR) is 115 cm³/mol. The quantitative estimate of drug-likeness (QED) is 0.476. The molecule has 2 N–H and O–H groups in total. The van der Waals surface area contributed by atoms with Gasteiger partial charge in [0.2, 0.25) is 0 Å². The van der Waals surface area contributed by atoms with Crippen LogP contribution in [0.4, 0.5) is 5.69 Å². The van der Waals surface area contributed by atoms with E-state index in [9.17, 15) is 4.79 Å². The molecule has 3 aromatic rings. The topological polar surface area (TPSA) is 58.6 Å². The Morgan fingerprint density at radius 3 is 2.43 bits per heavy atom. The van der Waals surface area contributed by atoms with Crippen LogP contribution in [0.3, 0.4) is 0 Å². The van der Waals surface area contributed by atoms with E-state index < -0.39 is 5.97 Å². The maximum absolute atomic E-state index is 11.0. The Bertz CT molecular complexity index is 984. The van der Waals surface area contributed by atoms with Crippen LogP contribution in [0.25, 0.3) is 0 Å². The van der Waals surface area contributed by atoms with Crippen LogP contribution < -0.4 is 10.1 Å². The summed E-state index contributed by atoms with van der Waals surface area (Å²) in [5.41, 5.74) is 5.81. The van der Waals surface area contributed by atoms with E-state index in [0.717, 1.165) is 27.0 Å². The zero-order chi connectivity index (χ0) is 20.1. The Morgan fingerprint density at radius 2 is 1.75 bits per heavy atom. The molecular formula is C23H22BrNO3. The fourth-order valence-corrected chi connectivity index (χ4v) is 3.19. The van der Waals surface area contributed by atoms with E-state index in [-0.39, 0.29) is 5.56 Å². The van der Waals surface area contributed by atoms with Gasteiger partial charge in [-0.15, -0.1) is 0 Å². The zero-order valence-electron chi connectivity index (χ0n) is 15.8. The van der Waals surface area contributed by atoms with E-state index in [1.165, 1.54) is 11.1 Å². The van der Waals surface area contributed by atoms with Crippen molar-refractivity contribution in [2.24, 2.45) is 0 Å². The summed E-state index contributed by atoms with van der Waals surface area (Å²) in [5, 5.41) is 12.4. The number of rotatable bonds is 7. The number of carboxylic acid groups (broad SMARTS) is 1. The average molecular weight is 440 g/mol. The molecule has 5 heteroatoms. The number of benzene rings is 3. The van der Waals surface area contributed by atoms with Crippen molar-refractivity contribution < 1.29 is 14.6 Å². The average Bonchev–Trinajstić information content (AvgIpc) is 2.68. The van der Waals surface area contributed by atoms with Crippen molar-refractivity contribution in [1.82, 2.24) is 0 Å². The Balaban J connectivity index is 1.69. The second-order valence-electron chi connectivity index (χ2n) is 6.70. The van der Waals surface area contributed by atoms with Gasteiger partial charge in [0.15, 0.2) is 0 Å². The maximum Gasteiger partial charge on any atom is 0.335 e. The molecule has 0 bridgehead atoms. The third kappa shape index (κ3) is 5.14. The van der Waals surface area contributed by atoms with Gasteiger partial charge < -0.3 is 15.2 Å². The number of carboxylic acids is 1. The molecule has 0 spiro atoms. The Hall–Kier alpha value is -2.79. The number of halogens is 1. The van der Waals surface area contributed by atoms with Gasteiger partial charge in [0.1, 0.15) is 12.4 Å². The number of aryl methyl sites for hydroxylation is 2. The molecule has 0 aliphatic carbocycles. The minimum absolute atomic E-state index is 0.269. The van der Waals surface area contributed by atoms with Crippen LogP contribution in [0.5, 0.6) is 5.75 Å². The monoisotopic (exact) mass is 439 g/mol. The van der Waals surface area contributed by atoms with Crippen LogP contribution in [-0.4, -0.2) is 11.1 Å². The first-order chi connectivity index (χ1) is 13.4. The van der Waals surface area contributed by atoms with E-state index >= 15 is 0 Å². The second-order valence-corrected chi connectivity index (χ2v) is 7.61. The number of hydrogen-bond acceptors (Lipinski definition) is 3. The summed E-state index contributed by atoms with van der Waals surface area (Å²) in [4.78, 5) is 11.0. The predicted octanol–water partition coefficient (Wildman–Crippen LogP) is 5.96. The molecule has 0 unspecified atom stereocenters. The molecule has 3 rings (SSSR count). The van der Waals surface area contributed by atoms with Gasteiger partial charge in [-0.1, -0.05) is 34.1 Å². The van der Waals surface area contributed by atoms with Gasteiger partial charge in [0.25, 0.3) is 0 Å². The number of carbonyl (C=O) groups is 1. The van der Waals surface area contributed by atoms with Crippen LogP contribution in [0.2, 0.25) is 0 Å². The fourth-order valence-electron chi connectivity index (χ4n) is 2.78. The molecule has 28 heavy (non-hydrogen) atoms. The van der Waals surface area contributed by atoms with Crippen molar-refractivity contribution in [3.05, 3.63) is 93.0 Å². The van der Waals surface area contributed by atoms with Crippen molar-refractivity contribution >= 4 is 27.6 Å². The van der Waals surface area contributed by atoms with Crippen LogP contribution >= 0.6 is 15.9 Å². The smallest absolute Gasteiger partial charge is 0.335 e. The number of ether oxygens (including phenoxy) is 1. The molecule has 0 aromatic heterocycles. The third-order valence-corrected chi connectivity index (χ3v) is 5.10. The summed E-state index contributed by atoms with van der Waals surface area (Å²) < 4.78 is 6.99. The van der Waals surface area contributed by atoms with E-state index in [1.807, 2.05) is 18.2 Å². The molecule has 0 saturated carbocycles. The lowest BCUT2D eigenvalue weighted by Crippen LogP contribution is -2.04. The molecule has 0 aliphatic rings. The van der Waals surface area contributed by atoms with Gasteiger partial charge in [-0.25, -0.2) is 4.79 Å². The Morgan fingerprint density at radius 1 is 1.00 bits per heavy atom. The first-order valence-electron chi connectivity index (χ1n) is 8.97. The molecule has 4 nitrogen and oxygen atoms in total. The first-order valence-corrected chi connectivity index (χ1v) is 9.76. The lowest BCUT2D eigenvalue weighted by Gasteiger charge is -2.14. The van der Waals surface area contributed by atoms with Gasteiger partial charge in [-0.2, -0.15) is 0 Å². The minimum atomic E-state index is -0.930. The lowest BCUT2D eigenvalue weighted by molar-refractivity contribution is 0.0697. The van der Waals surface area contributed by atoms with Gasteiger partial charge in [0, 0.05) is 22.3 Å². The van der Waals surface area contributed by atoms with E-state index in [0.29, 0.717) is 13.2 Å². The number of anilines is 1. The zero-order valence-corrected chi connectivity index (χ0v) is 17.4. The molecule has 0 fully saturated rings. The fraction of sp³-hybridized carbons (Fsp3) is 0.174. The summed E-state index contributed by atoms with van der Waals surface area (Å²) in [7, 11) is 0. The minimum Gasteiger partial charge on any atom is -0.489 e. The number of hydrogen-bond donors (Lipinski definition) is 2. The third-order valence-electron chi connectivity index (χ3n) is 4.61. The van der Waals surface area contributed by atoms with Crippen LogP contribution in [-0.2, 0) is 13.2 Å². The van der Waals surface area contributed by atoms with Crippen molar-refractivity contribution in [2.75, 3.05) is 5.32 Å². The van der Waals surface area contributed by atoms with Gasteiger partial charge in [-0.05, 0) is 73.0 Å². The van der Waals surface area contributed by atoms with Crippen LogP contribution in [0, 0.1) is 13.8 Å². The normalized spacial score (nSPS) is 10.5. The van der Waals surface area contributed by atoms with Crippen molar-refractivity contribution in [1.29, 1.82) is 0 Å². The Labute approximate surface area is 173 Å². The molecule has 3 aromatic carbocycles. The SMILES string of the molecule is Cc1ccc(NCc2cc(Br)ccc2OCc2ccc(C(=O)O)cc2)cc1C. The highest BCUT2D eigenvalue weighted by Crippen LogP contribution is 2.26. The molecule has 0 radical (unpaired) electrons. The van der Waals surface area contributed by atoms with E-state index in [2.05, 4.69) is 53.3 Å². The number of aromatic carboxylic acids is 1. The molecular weight excluding hydrogens is 418 g/mol. The first kappa shape index (κ1) is 20.0. The summed E-state index contributed by atoms with van der Waals surface area (Å²) >= 11 is 3.52. The van der Waals surface area contributed by atoms with Crippen LogP contribution in [0.15, 0.2) is 65.1 Å². The molecule has 144 valence electrons. The van der Waals surface area contributed by atoms with Crippen molar-refractivity contribution in [2.45, 2.75) is 27.0 Å². The van der Waals surface area contributed by atoms with Gasteiger partial charge in [-0.3, -0.25) is 0 Å². The van der Waals surface area contributed by atoms with Crippen molar-refractivity contribution in [3.8, 4) is 5.75 Å². The van der Waals surface area contributed by atoms with E-state index in [4.69, 9.17) is 9.84 Å². The second kappa shape index (κ2) is 8.93. The lowest BCUT2D eigenvalue weighted by atomic mass is 10.1. The van der Waals surface area contributed by atoms with E-state index in [1.54, 1.807) is 24.3 Å². The summed E-state index contributed by atoms with van der Waals surface area (Å²) in [6.07, 6.45) is 0. The maximum atomic E-state index is 11.0. The Kier molecular flexibility index (Phi) is 6.37. The number of nitrogens with one attached hydrogen (secondary N) is 1. The molecule has 0 amide bonds. The molecule has 0 saturated heterocycles. The highest BCUT2D eigenvalue weighted by atomic mass is 79.9. The van der Waals surface area contributed by atoms with Crippen molar-refractivity contribution in [3.63, 3.8) is 0 Å². The largest absolute Gasteiger partial charge is 0.489 e.